The summed E-state index contributed by atoms with van der Waals surface area (Å²) in [5, 5.41) is 0. The Labute approximate surface area is 91.1 Å². The highest BCUT2D eigenvalue weighted by Crippen LogP contribution is 2.27. The first-order valence-electron chi connectivity index (χ1n) is 5.62. The van der Waals surface area contributed by atoms with E-state index in [-0.39, 0.29) is 11.7 Å². The minimum atomic E-state index is -0.0832. The van der Waals surface area contributed by atoms with Gasteiger partial charge in [-0.3, -0.25) is 9.59 Å². The summed E-state index contributed by atoms with van der Waals surface area (Å²) >= 11 is 0. The zero-order valence-corrected chi connectivity index (χ0v) is 9.40. The monoisotopic (exact) mass is 206 g/mol. The van der Waals surface area contributed by atoms with Crippen LogP contribution >= 0.6 is 0 Å². The second-order valence-corrected chi connectivity index (χ2v) is 3.97. The number of aldehydes is 1. The van der Waals surface area contributed by atoms with Gasteiger partial charge < -0.3 is 0 Å². The van der Waals surface area contributed by atoms with E-state index in [4.69, 9.17) is 0 Å². The van der Waals surface area contributed by atoms with Gasteiger partial charge in [0, 0.05) is 5.92 Å². The first-order chi connectivity index (χ1) is 7.24. The van der Waals surface area contributed by atoms with Gasteiger partial charge >= 0.3 is 0 Å². The molecular weight excluding hydrogens is 188 g/mol. The average molecular weight is 206 g/mol. The fraction of sp³-hybridized carbons (Fsp3) is 0.538. The molecule has 0 amide bonds. The molecule has 1 aliphatic rings. The molecule has 0 aromatic carbocycles. The summed E-state index contributed by atoms with van der Waals surface area (Å²) in [6.45, 7) is 4.22. The van der Waals surface area contributed by atoms with Crippen LogP contribution in [0.1, 0.15) is 33.1 Å². The van der Waals surface area contributed by atoms with Gasteiger partial charge in [0.25, 0.3) is 0 Å². The number of carbonyl (C=O) groups is 2. The van der Waals surface area contributed by atoms with Crippen molar-refractivity contribution in [3.05, 3.63) is 23.8 Å². The molecule has 2 atom stereocenters. The number of hydrogen-bond acceptors (Lipinski definition) is 2. The highest BCUT2D eigenvalue weighted by molar-refractivity contribution is 6.14. The average Bonchev–Trinajstić information content (AvgIpc) is 2.27. The van der Waals surface area contributed by atoms with Crippen LogP contribution in [-0.2, 0) is 9.59 Å². The lowest BCUT2D eigenvalue weighted by Crippen LogP contribution is -2.25. The summed E-state index contributed by atoms with van der Waals surface area (Å²) in [6.07, 6.45) is 9.13. The van der Waals surface area contributed by atoms with Gasteiger partial charge in [0.05, 0.1) is 5.57 Å². The molecule has 1 aliphatic carbocycles. The lowest BCUT2D eigenvalue weighted by Gasteiger charge is -2.23. The van der Waals surface area contributed by atoms with Gasteiger partial charge in [-0.1, -0.05) is 38.8 Å². The Morgan fingerprint density at radius 2 is 2.20 bits per heavy atom. The van der Waals surface area contributed by atoms with Gasteiger partial charge in [0.15, 0.2) is 12.1 Å². The molecule has 82 valence electrons. The normalized spacial score (nSPS) is 22.4. The molecule has 1 rings (SSSR count). The largest absolute Gasteiger partial charge is 0.298 e. The van der Waals surface area contributed by atoms with Crippen LogP contribution in [0.25, 0.3) is 0 Å². The van der Waals surface area contributed by atoms with E-state index in [1.807, 2.05) is 12.2 Å². The summed E-state index contributed by atoms with van der Waals surface area (Å²) < 4.78 is 0. The molecule has 0 spiro atoms. The van der Waals surface area contributed by atoms with Crippen LogP contribution in [0.15, 0.2) is 23.8 Å². The Morgan fingerprint density at radius 3 is 2.73 bits per heavy atom. The van der Waals surface area contributed by atoms with E-state index in [1.165, 1.54) is 0 Å². The Hall–Kier alpha value is -1.18. The third-order valence-electron chi connectivity index (χ3n) is 3.00. The van der Waals surface area contributed by atoms with Crippen molar-refractivity contribution in [1.82, 2.24) is 0 Å². The predicted octanol–water partition coefficient (Wildman–Crippen LogP) is 2.69. The van der Waals surface area contributed by atoms with Crippen LogP contribution < -0.4 is 0 Å². The maximum Gasteiger partial charge on any atom is 0.173 e. The molecule has 0 heterocycles. The smallest absolute Gasteiger partial charge is 0.173 e. The maximum atomic E-state index is 11.9. The molecule has 2 heteroatoms. The van der Waals surface area contributed by atoms with Gasteiger partial charge in [-0.2, -0.15) is 0 Å². The number of Topliss-reactive ketones (excluding diaryl/α,β-unsaturated/α-hetero) is 1. The molecule has 0 aromatic heterocycles. The first-order valence-corrected chi connectivity index (χ1v) is 5.62. The molecule has 0 aliphatic heterocycles. The predicted molar refractivity (Wildman–Crippen MR) is 60.5 cm³/mol. The molecular formula is C13H18O2. The standard InChI is InChI=1S/C13H18O2/c1-3-6-10(4-2)12-8-5-7-11(9-14)13(12)15/h5,7-10,12H,3-4,6H2,1-2H3. The summed E-state index contributed by atoms with van der Waals surface area (Å²) in [5.41, 5.74) is 0.317. The van der Waals surface area contributed by atoms with Crippen LogP contribution in [0.2, 0.25) is 0 Å². The van der Waals surface area contributed by atoms with Crippen LogP contribution in [0.3, 0.4) is 0 Å². The Balaban J connectivity index is 2.79. The Bertz CT molecular complexity index is 300. The minimum Gasteiger partial charge on any atom is -0.298 e. The van der Waals surface area contributed by atoms with Crippen molar-refractivity contribution < 1.29 is 9.59 Å². The van der Waals surface area contributed by atoms with Gasteiger partial charge in [0.2, 0.25) is 0 Å². The number of carbonyl (C=O) groups excluding carboxylic acids is 2. The summed E-state index contributed by atoms with van der Waals surface area (Å²) in [6, 6.07) is 0. The highest BCUT2D eigenvalue weighted by atomic mass is 16.1. The Kier molecular flexibility index (Phi) is 4.47. The van der Waals surface area contributed by atoms with E-state index >= 15 is 0 Å². The third-order valence-corrected chi connectivity index (χ3v) is 3.00. The molecule has 0 fully saturated rings. The molecule has 0 saturated carbocycles. The molecule has 2 unspecified atom stereocenters. The van der Waals surface area contributed by atoms with Crippen molar-refractivity contribution in [3.63, 3.8) is 0 Å². The fourth-order valence-corrected chi connectivity index (χ4v) is 2.12. The van der Waals surface area contributed by atoms with Crippen molar-refractivity contribution in [2.75, 3.05) is 0 Å². The molecule has 0 saturated heterocycles. The zero-order valence-electron chi connectivity index (χ0n) is 9.40. The van der Waals surface area contributed by atoms with E-state index in [0.29, 0.717) is 17.8 Å². The second-order valence-electron chi connectivity index (χ2n) is 3.97. The van der Waals surface area contributed by atoms with Crippen molar-refractivity contribution in [2.24, 2.45) is 11.8 Å². The molecule has 0 radical (unpaired) electrons. The molecule has 15 heavy (non-hydrogen) atoms. The molecule has 2 nitrogen and oxygen atoms in total. The van der Waals surface area contributed by atoms with Gasteiger partial charge in [-0.15, -0.1) is 0 Å². The summed E-state index contributed by atoms with van der Waals surface area (Å²) in [4.78, 5) is 22.5. The van der Waals surface area contributed by atoms with E-state index in [1.54, 1.807) is 6.08 Å². The molecule has 0 N–H and O–H groups in total. The lowest BCUT2D eigenvalue weighted by molar-refractivity contribution is -0.121. The zero-order chi connectivity index (χ0) is 11.3. The number of hydrogen-bond donors (Lipinski definition) is 0. The second kappa shape index (κ2) is 5.64. The van der Waals surface area contributed by atoms with Gasteiger partial charge in [0.1, 0.15) is 0 Å². The van der Waals surface area contributed by atoms with E-state index in [0.717, 1.165) is 19.3 Å². The third kappa shape index (κ3) is 2.65. The van der Waals surface area contributed by atoms with Crippen molar-refractivity contribution in [1.29, 1.82) is 0 Å². The number of rotatable bonds is 5. The SMILES string of the molecule is CCCC(CC)C1C=CC=C(C=O)C1=O. The van der Waals surface area contributed by atoms with Gasteiger partial charge in [-0.05, 0) is 18.4 Å². The lowest BCUT2D eigenvalue weighted by atomic mass is 9.79. The fourth-order valence-electron chi connectivity index (χ4n) is 2.12. The molecule has 0 aromatic rings. The topological polar surface area (TPSA) is 34.1 Å². The highest BCUT2D eigenvalue weighted by Gasteiger charge is 2.27. The van der Waals surface area contributed by atoms with Gasteiger partial charge in [-0.25, -0.2) is 0 Å². The number of allylic oxidation sites excluding steroid dienone is 4. The van der Waals surface area contributed by atoms with Crippen molar-refractivity contribution in [2.45, 2.75) is 33.1 Å². The van der Waals surface area contributed by atoms with Crippen molar-refractivity contribution >= 4 is 12.1 Å². The maximum absolute atomic E-state index is 11.9. The molecule has 0 bridgehead atoms. The first kappa shape index (κ1) is 11.9. The number of ketones is 1. The van der Waals surface area contributed by atoms with Crippen LogP contribution in [0, 0.1) is 11.8 Å². The minimum absolute atomic E-state index is 0.00667. The van der Waals surface area contributed by atoms with Crippen LogP contribution in [0.5, 0.6) is 0 Å². The van der Waals surface area contributed by atoms with Crippen LogP contribution in [0.4, 0.5) is 0 Å². The summed E-state index contributed by atoms with van der Waals surface area (Å²) in [5.74, 6) is 0.287. The van der Waals surface area contributed by atoms with E-state index in [9.17, 15) is 9.59 Å². The summed E-state index contributed by atoms with van der Waals surface area (Å²) in [7, 11) is 0. The quantitative estimate of drug-likeness (QED) is 0.512. The van der Waals surface area contributed by atoms with E-state index in [2.05, 4.69) is 13.8 Å². The van der Waals surface area contributed by atoms with Crippen LogP contribution in [-0.4, -0.2) is 12.1 Å². The van der Waals surface area contributed by atoms with Crippen molar-refractivity contribution in [3.8, 4) is 0 Å². The Morgan fingerprint density at radius 1 is 1.47 bits per heavy atom. The van der Waals surface area contributed by atoms with E-state index < -0.39 is 0 Å².